The van der Waals surface area contributed by atoms with Crippen LogP contribution in [0.1, 0.15) is 30.2 Å². The molecule has 2 N–H and O–H groups in total. The Labute approximate surface area is 169 Å². The Morgan fingerprint density at radius 3 is 2.45 bits per heavy atom. The van der Waals surface area contributed by atoms with Crippen molar-refractivity contribution in [2.24, 2.45) is 5.92 Å². The molecule has 5 nitrogen and oxygen atoms in total. The molecule has 1 atom stereocenters. The van der Waals surface area contributed by atoms with Gasteiger partial charge in [0.15, 0.2) is 5.76 Å². The van der Waals surface area contributed by atoms with Crippen LogP contribution in [0, 0.1) is 11.7 Å². The molecule has 6 heteroatoms. The van der Waals surface area contributed by atoms with Crippen molar-refractivity contribution in [1.82, 2.24) is 5.32 Å². The smallest absolute Gasteiger partial charge is 0.287 e. The highest BCUT2D eigenvalue weighted by Gasteiger charge is 2.17. The molecule has 0 aliphatic carbocycles. The Balaban J connectivity index is 1.51. The van der Waals surface area contributed by atoms with Crippen LogP contribution < -0.4 is 15.4 Å². The van der Waals surface area contributed by atoms with E-state index in [1.807, 2.05) is 30.3 Å². The van der Waals surface area contributed by atoms with Gasteiger partial charge in [-0.1, -0.05) is 32.0 Å². The van der Waals surface area contributed by atoms with Gasteiger partial charge in [-0.3, -0.25) is 4.79 Å². The van der Waals surface area contributed by atoms with Gasteiger partial charge in [0.05, 0.1) is 0 Å². The summed E-state index contributed by atoms with van der Waals surface area (Å²) in [6.45, 7) is 4.83. The van der Waals surface area contributed by atoms with Crippen LogP contribution in [0.15, 0.2) is 71.1 Å². The number of hydrogen-bond donors (Lipinski definition) is 2. The van der Waals surface area contributed by atoms with Gasteiger partial charge < -0.3 is 19.8 Å². The largest absolute Gasteiger partial charge is 0.486 e. The fourth-order valence-electron chi connectivity index (χ4n) is 2.75. The lowest BCUT2D eigenvalue weighted by Gasteiger charge is -2.23. The van der Waals surface area contributed by atoms with Gasteiger partial charge in [0.1, 0.15) is 23.9 Å². The standard InChI is InChI=1S/C23H25FN2O3/c1-16(2)21(26-18-6-4-3-5-7-18)14-25-23(27)22-13-12-20(29-22)15-28-19-10-8-17(24)9-11-19/h3-13,16,21,26H,14-15H2,1-2H3,(H,25,27). The molecular formula is C23H25FN2O3. The number of benzene rings is 2. The van der Waals surface area contributed by atoms with Crippen LogP contribution in [0.3, 0.4) is 0 Å². The second-order valence-corrected chi connectivity index (χ2v) is 7.08. The summed E-state index contributed by atoms with van der Waals surface area (Å²) in [6, 6.07) is 19.0. The van der Waals surface area contributed by atoms with Gasteiger partial charge in [-0.2, -0.15) is 0 Å². The summed E-state index contributed by atoms with van der Waals surface area (Å²) in [4.78, 5) is 12.4. The molecular weight excluding hydrogens is 371 g/mol. The van der Waals surface area contributed by atoms with Crippen molar-refractivity contribution in [3.63, 3.8) is 0 Å². The summed E-state index contributed by atoms with van der Waals surface area (Å²) in [6.07, 6.45) is 0. The minimum absolute atomic E-state index is 0.0811. The van der Waals surface area contributed by atoms with Crippen LogP contribution >= 0.6 is 0 Å². The number of ether oxygens (including phenoxy) is 1. The highest BCUT2D eigenvalue weighted by atomic mass is 19.1. The zero-order valence-electron chi connectivity index (χ0n) is 16.5. The minimum atomic E-state index is -0.323. The lowest BCUT2D eigenvalue weighted by atomic mass is 10.0. The van der Waals surface area contributed by atoms with E-state index >= 15 is 0 Å². The molecule has 0 radical (unpaired) electrons. The highest BCUT2D eigenvalue weighted by Crippen LogP contribution is 2.16. The van der Waals surface area contributed by atoms with Crippen LogP contribution in [-0.4, -0.2) is 18.5 Å². The van der Waals surface area contributed by atoms with E-state index in [1.54, 1.807) is 12.1 Å². The van der Waals surface area contributed by atoms with Crippen LogP contribution in [0.4, 0.5) is 10.1 Å². The zero-order valence-corrected chi connectivity index (χ0v) is 16.5. The second kappa shape index (κ2) is 9.78. The maximum atomic E-state index is 12.9. The maximum Gasteiger partial charge on any atom is 0.287 e. The molecule has 0 aliphatic heterocycles. The third-order valence-corrected chi connectivity index (χ3v) is 4.49. The predicted molar refractivity (Wildman–Crippen MR) is 110 cm³/mol. The number of para-hydroxylation sites is 1. The average Bonchev–Trinajstić information content (AvgIpc) is 3.20. The first kappa shape index (κ1) is 20.5. The zero-order chi connectivity index (χ0) is 20.6. The maximum absolute atomic E-state index is 12.9. The van der Waals surface area contributed by atoms with Gasteiger partial charge in [-0.15, -0.1) is 0 Å². The topological polar surface area (TPSA) is 63.5 Å². The fourth-order valence-corrected chi connectivity index (χ4v) is 2.75. The predicted octanol–water partition coefficient (Wildman–Crippen LogP) is 4.86. The summed E-state index contributed by atoms with van der Waals surface area (Å²) < 4.78 is 24.0. The summed E-state index contributed by atoms with van der Waals surface area (Å²) in [5, 5.41) is 6.36. The van der Waals surface area contributed by atoms with E-state index in [0.29, 0.717) is 24.0 Å². The Bertz CT molecular complexity index is 907. The number of amides is 1. The molecule has 0 saturated heterocycles. The number of carbonyl (C=O) groups excluding carboxylic acids is 1. The van der Waals surface area contributed by atoms with Crippen molar-refractivity contribution in [3.05, 3.63) is 84.1 Å². The van der Waals surface area contributed by atoms with Crippen molar-refractivity contribution >= 4 is 11.6 Å². The number of furan rings is 1. The molecule has 1 amide bonds. The molecule has 0 fully saturated rings. The van der Waals surface area contributed by atoms with E-state index in [1.165, 1.54) is 24.3 Å². The number of carbonyl (C=O) groups is 1. The number of nitrogens with one attached hydrogen (secondary N) is 2. The lowest BCUT2D eigenvalue weighted by molar-refractivity contribution is 0.0918. The normalized spacial score (nSPS) is 11.9. The minimum Gasteiger partial charge on any atom is -0.486 e. The molecule has 0 aliphatic rings. The SMILES string of the molecule is CC(C)C(CNC(=O)c1ccc(COc2ccc(F)cc2)o1)Nc1ccccc1. The highest BCUT2D eigenvalue weighted by molar-refractivity contribution is 5.91. The lowest BCUT2D eigenvalue weighted by Crippen LogP contribution is -2.39. The first-order valence-electron chi connectivity index (χ1n) is 9.58. The molecule has 1 aromatic heterocycles. The molecule has 29 heavy (non-hydrogen) atoms. The van der Waals surface area contributed by atoms with Crippen LogP contribution in [0.2, 0.25) is 0 Å². The van der Waals surface area contributed by atoms with Gasteiger partial charge in [-0.05, 0) is 54.4 Å². The van der Waals surface area contributed by atoms with Gasteiger partial charge in [0.25, 0.3) is 5.91 Å². The van der Waals surface area contributed by atoms with E-state index in [0.717, 1.165) is 5.69 Å². The molecule has 0 saturated carbocycles. The summed E-state index contributed by atoms with van der Waals surface area (Å²) in [5.74, 6) is 0.994. The quantitative estimate of drug-likeness (QED) is 0.542. The van der Waals surface area contributed by atoms with Crippen molar-refractivity contribution in [1.29, 1.82) is 0 Å². The van der Waals surface area contributed by atoms with Crippen molar-refractivity contribution in [3.8, 4) is 5.75 Å². The van der Waals surface area contributed by atoms with E-state index in [9.17, 15) is 9.18 Å². The molecule has 152 valence electrons. The molecule has 0 spiro atoms. The fraction of sp³-hybridized carbons (Fsp3) is 0.261. The van der Waals surface area contributed by atoms with E-state index in [4.69, 9.17) is 9.15 Å². The molecule has 3 rings (SSSR count). The van der Waals surface area contributed by atoms with Gasteiger partial charge in [0.2, 0.25) is 0 Å². The Hall–Kier alpha value is -3.28. The number of hydrogen-bond acceptors (Lipinski definition) is 4. The number of anilines is 1. The van der Waals surface area contributed by atoms with E-state index in [2.05, 4.69) is 24.5 Å². The summed E-state index contributed by atoms with van der Waals surface area (Å²) in [7, 11) is 0. The molecule has 2 aromatic carbocycles. The van der Waals surface area contributed by atoms with Gasteiger partial charge >= 0.3 is 0 Å². The number of halogens is 1. The molecule has 1 unspecified atom stereocenters. The summed E-state index contributed by atoms with van der Waals surface area (Å²) in [5.41, 5.74) is 1.01. The van der Waals surface area contributed by atoms with E-state index < -0.39 is 0 Å². The van der Waals surface area contributed by atoms with Crippen LogP contribution in [0.25, 0.3) is 0 Å². The monoisotopic (exact) mass is 396 g/mol. The molecule has 1 heterocycles. The number of rotatable bonds is 9. The van der Waals surface area contributed by atoms with Gasteiger partial charge in [-0.25, -0.2) is 4.39 Å². The third-order valence-electron chi connectivity index (χ3n) is 4.49. The molecule has 3 aromatic rings. The first-order valence-corrected chi connectivity index (χ1v) is 9.58. The molecule has 0 bridgehead atoms. The Morgan fingerprint density at radius 1 is 1.03 bits per heavy atom. The average molecular weight is 396 g/mol. The van der Waals surface area contributed by atoms with Crippen LogP contribution in [-0.2, 0) is 6.61 Å². The van der Waals surface area contributed by atoms with Crippen LogP contribution in [0.5, 0.6) is 5.75 Å². The second-order valence-electron chi connectivity index (χ2n) is 7.08. The first-order chi connectivity index (χ1) is 14.0. The Kier molecular flexibility index (Phi) is 6.89. The van der Waals surface area contributed by atoms with E-state index in [-0.39, 0.29) is 30.1 Å². The van der Waals surface area contributed by atoms with Crippen molar-refractivity contribution < 1.29 is 18.3 Å². The Morgan fingerprint density at radius 2 is 1.76 bits per heavy atom. The summed E-state index contributed by atoms with van der Waals surface area (Å²) >= 11 is 0. The van der Waals surface area contributed by atoms with Crippen molar-refractivity contribution in [2.45, 2.75) is 26.5 Å². The third kappa shape index (κ3) is 6.10. The van der Waals surface area contributed by atoms with Crippen molar-refractivity contribution in [2.75, 3.05) is 11.9 Å². The van der Waals surface area contributed by atoms with Gasteiger partial charge in [0, 0.05) is 18.3 Å².